The molecule has 11 heteroatoms. The number of phenolic OH excluding ortho intramolecular Hbond substituents is 1. The smallest absolute Gasteiger partial charge is 0.296 e. The van der Waals surface area contributed by atoms with Crippen molar-refractivity contribution in [3.05, 3.63) is 43.9 Å². The highest BCUT2D eigenvalue weighted by atomic mass is 32.2. The van der Waals surface area contributed by atoms with Crippen molar-refractivity contribution in [2.75, 3.05) is 13.4 Å². The largest absolute Gasteiger partial charge is 0.504 e. The molecule has 0 saturated carbocycles. The molecule has 0 fully saturated rings. The van der Waals surface area contributed by atoms with E-state index in [1.54, 1.807) is 6.26 Å². The molecule has 0 saturated heterocycles. The van der Waals surface area contributed by atoms with Gasteiger partial charge in [-0.05, 0) is 13.2 Å². The van der Waals surface area contributed by atoms with E-state index in [0.717, 1.165) is 34.8 Å². The fourth-order valence-corrected chi connectivity index (χ4v) is 2.19. The van der Waals surface area contributed by atoms with Crippen LogP contribution in [0.25, 0.3) is 0 Å². The molecule has 126 valence electrons. The van der Waals surface area contributed by atoms with Crippen molar-refractivity contribution < 1.29 is 14.8 Å². The van der Waals surface area contributed by atoms with Crippen LogP contribution in [0.1, 0.15) is 11.3 Å². The Morgan fingerprint density at radius 3 is 2.75 bits per heavy atom. The minimum atomic E-state index is -0.628. The van der Waals surface area contributed by atoms with Crippen LogP contribution in [0.2, 0.25) is 0 Å². The second kappa shape index (κ2) is 7.08. The van der Waals surface area contributed by atoms with Crippen LogP contribution in [0.5, 0.6) is 11.5 Å². The monoisotopic (exact) mass is 351 g/mol. The average molecular weight is 351 g/mol. The van der Waals surface area contributed by atoms with Gasteiger partial charge in [0.05, 0.1) is 24.3 Å². The number of thioether (sulfide) groups is 1. The van der Waals surface area contributed by atoms with Gasteiger partial charge in [-0.15, -0.1) is 10.2 Å². The van der Waals surface area contributed by atoms with E-state index in [1.807, 2.05) is 0 Å². The van der Waals surface area contributed by atoms with Crippen molar-refractivity contribution in [3.63, 3.8) is 0 Å². The third-order valence-electron chi connectivity index (χ3n) is 2.98. The number of aromatic nitrogens is 3. The number of rotatable bonds is 5. The van der Waals surface area contributed by atoms with E-state index in [2.05, 4.69) is 15.3 Å². The first kappa shape index (κ1) is 17.4. The van der Waals surface area contributed by atoms with E-state index in [0.29, 0.717) is 0 Å². The summed E-state index contributed by atoms with van der Waals surface area (Å²) in [5, 5.41) is 32.8. The zero-order chi connectivity index (χ0) is 17.9. The highest BCUT2D eigenvalue weighted by Crippen LogP contribution is 2.33. The number of hydrogen-bond acceptors (Lipinski definition) is 9. The molecule has 10 nitrogen and oxygen atoms in total. The number of nitrogens with zero attached hydrogens (tertiary/aromatic N) is 5. The predicted molar refractivity (Wildman–Crippen MR) is 87.1 cm³/mol. The summed E-state index contributed by atoms with van der Waals surface area (Å²) in [6.07, 6.45) is 2.81. The van der Waals surface area contributed by atoms with E-state index < -0.39 is 10.5 Å². The van der Waals surface area contributed by atoms with Crippen molar-refractivity contribution in [2.45, 2.75) is 12.1 Å². The van der Waals surface area contributed by atoms with Gasteiger partial charge in [0.15, 0.2) is 11.5 Å². The molecule has 24 heavy (non-hydrogen) atoms. The molecule has 1 heterocycles. The summed E-state index contributed by atoms with van der Waals surface area (Å²) in [5.74, 6) is -0.406. The van der Waals surface area contributed by atoms with Gasteiger partial charge in [0.1, 0.15) is 5.69 Å². The molecule has 0 atom stereocenters. The van der Waals surface area contributed by atoms with Crippen molar-refractivity contribution >= 4 is 23.7 Å². The topological polar surface area (TPSA) is 133 Å². The molecule has 1 aromatic carbocycles. The third kappa shape index (κ3) is 3.35. The summed E-state index contributed by atoms with van der Waals surface area (Å²) in [4.78, 5) is 22.4. The first-order chi connectivity index (χ1) is 11.4. The van der Waals surface area contributed by atoms with Gasteiger partial charge < -0.3 is 9.84 Å². The van der Waals surface area contributed by atoms with Gasteiger partial charge in [-0.2, -0.15) is 9.78 Å². The van der Waals surface area contributed by atoms with Gasteiger partial charge >= 0.3 is 0 Å². The van der Waals surface area contributed by atoms with Gasteiger partial charge in [-0.25, -0.2) is 0 Å². The second-order valence-electron chi connectivity index (χ2n) is 4.48. The molecular weight excluding hydrogens is 338 g/mol. The maximum absolute atomic E-state index is 12.1. The lowest BCUT2D eigenvalue weighted by Crippen LogP contribution is -2.23. The quantitative estimate of drug-likeness (QED) is 0.367. The molecule has 0 aliphatic heterocycles. The zero-order valence-electron chi connectivity index (χ0n) is 13.0. The predicted octanol–water partition coefficient (Wildman–Crippen LogP) is 1.17. The van der Waals surface area contributed by atoms with Gasteiger partial charge in [0.25, 0.3) is 11.2 Å². The standard InChI is InChI=1S/C13H13N5O5S/c1-7-12(20)17(13(24-3)16-15-7)14-6-8-4-9(18(21)22)5-10(23-2)11(8)19/h4-6,19H,1-3H3/b14-6-. The fourth-order valence-electron chi connectivity index (χ4n) is 1.77. The molecule has 2 aromatic rings. The minimum Gasteiger partial charge on any atom is -0.504 e. The summed E-state index contributed by atoms with van der Waals surface area (Å²) in [6.45, 7) is 1.49. The van der Waals surface area contributed by atoms with Crippen LogP contribution in [0, 0.1) is 17.0 Å². The van der Waals surface area contributed by atoms with Gasteiger partial charge in [0.2, 0.25) is 5.16 Å². The normalized spacial score (nSPS) is 11.0. The number of nitro groups is 1. The van der Waals surface area contributed by atoms with Crippen LogP contribution in [0.4, 0.5) is 5.69 Å². The second-order valence-corrected chi connectivity index (χ2v) is 5.25. The lowest BCUT2D eigenvalue weighted by molar-refractivity contribution is -0.385. The van der Waals surface area contributed by atoms with Crippen LogP contribution in [0.15, 0.2) is 27.2 Å². The van der Waals surface area contributed by atoms with Crippen molar-refractivity contribution in [1.29, 1.82) is 0 Å². The van der Waals surface area contributed by atoms with Crippen molar-refractivity contribution in [1.82, 2.24) is 14.9 Å². The highest BCUT2D eigenvalue weighted by Gasteiger charge is 2.16. The van der Waals surface area contributed by atoms with Gasteiger partial charge in [-0.3, -0.25) is 14.9 Å². The van der Waals surface area contributed by atoms with Crippen LogP contribution < -0.4 is 10.3 Å². The van der Waals surface area contributed by atoms with Crippen LogP contribution in [-0.2, 0) is 0 Å². The van der Waals surface area contributed by atoms with E-state index in [4.69, 9.17) is 4.74 Å². The summed E-state index contributed by atoms with van der Waals surface area (Å²) in [5.41, 5.74) is -0.602. The van der Waals surface area contributed by atoms with E-state index in [9.17, 15) is 20.0 Å². The maximum atomic E-state index is 12.1. The molecule has 0 unspecified atom stereocenters. The minimum absolute atomic E-state index is 0.0227. The highest BCUT2D eigenvalue weighted by molar-refractivity contribution is 7.98. The van der Waals surface area contributed by atoms with Gasteiger partial charge in [0, 0.05) is 11.6 Å². The molecule has 1 N–H and O–H groups in total. The summed E-state index contributed by atoms with van der Waals surface area (Å²) < 4.78 is 5.90. The number of phenols is 1. The summed E-state index contributed by atoms with van der Waals surface area (Å²) in [6, 6.07) is 2.21. The Balaban J connectivity index is 2.58. The van der Waals surface area contributed by atoms with Gasteiger partial charge in [-0.1, -0.05) is 11.8 Å². The van der Waals surface area contributed by atoms with Crippen LogP contribution in [0.3, 0.4) is 0 Å². The van der Waals surface area contributed by atoms with E-state index in [1.165, 1.54) is 14.0 Å². The Kier molecular flexibility index (Phi) is 5.14. The molecular formula is C13H13N5O5S. The lowest BCUT2D eigenvalue weighted by Gasteiger charge is -2.07. The Hall–Kier alpha value is -2.95. The Labute approximate surface area is 139 Å². The van der Waals surface area contributed by atoms with Crippen LogP contribution in [-0.4, -0.2) is 44.5 Å². The van der Waals surface area contributed by atoms with E-state index in [-0.39, 0.29) is 33.6 Å². The Morgan fingerprint density at radius 2 is 2.17 bits per heavy atom. The molecule has 0 amide bonds. The first-order valence-electron chi connectivity index (χ1n) is 6.49. The number of methoxy groups -OCH3 is 1. The fraction of sp³-hybridized carbons (Fsp3) is 0.231. The first-order valence-corrected chi connectivity index (χ1v) is 7.71. The zero-order valence-corrected chi connectivity index (χ0v) is 13.8. The summed E-state index contributed by atoms with van der Waals surface area (Å²) >= 11 is 1.15. The lowest BCUT2D eigenvalue weighted by atomic mass is 10.2. The third-order valence-corrected chi connectivity index (χ3v) is 3.60. The molecule has 0 aliphatic rings. The number of benzene rings is 1. The van der Waals surface area contributed by atoms with Crippen molar-refractivity contribution in [2.24, 2.45) is 5.10 Å². The average Bonchev–Trinajstić information content (AvgIpc) is 2.57. The number of non-ortho nitro benzene ring substituents is 1. The molecule has 0 spiro atoms. The molecule has 2 rings (SSSR count). The molecule has 1 aromatic heterocycles. The number of aromatic hydroxyl groups is 1. The number of nitro benzene ring substituents is 1. The number of ether oxygens (including phenoxy) is 1. The Morgan fingerprint density at radius 1 is 1.46 bits per heavy atom. The number of hydrogen-bond donors (Lipinski definition) is 1. The SMILES string of the molecule is COc1cc([N+](=O)[O-])cc(/C=N\n2c(SC)nnc(C)c2=O)c1O. The van der Waals surface area contributed by atoms with Crippen molar-refractivity contribution in [3.8, 4) is 11.5 Å². The Bertz CT molecular complexity index is 880. The molecule has 0 radical (unpaired) electrons. The molecule has 0 aliphatic carbocycles. The maximum Gasteiger partial charge on any atom is 0.296 e. The molecule has 0 bridgehead atoms. The number of aryl methyl sites for hydroxylation is 1. The van der Waals surface area contributed by atoms with Crippen LogP contribution >= 0.6 is 11.8 Å². The summed E-state index contributed by atoms with van der Waals surface area (Å²) in [7, 11) is 1.27. The van der Waals surface area contributed by atoms with E-state index >= 15 is 0 Å².